The van der Waals surface area contributed by atoms with Gasteiger partial charge in [0.25, 0.3) is 0 Å². The maximum absolute atomic E-state index is 8.96. The van der Waals surface area contributed by atoms with E-state index in [1.54, 1.807) is 0 Å². The second-order valence-corrected chi connectivity index (χ2v) is 5.45. The summed E-state index contributed by atoms with van der Waals surface area (Å²) in [5.74, 6) is 0.997. The van der Waals surface area contributed by atoms with Crippen LogP contribution in [0.1, 0.15) is 17.7 Å². The zero-order valence-electron chi connectivity index (χ0n) is 11.9. The summed E-state index contributed by atoms with van der Waals surface area (Å²) in [6.45, 7) is 7.75. The van der Waals surface area contributed by atoms with Crippen LogP contribution in [0, 0.1) is 18.3 Å². The molecule has 106 valence electrons. The predicted molar refractivity (Wildman–Crippen MR) is 76.7 cm³/mol. The SMILES string of the molecule is Cc1nc(N2CCC(N3CCOCC3)C2)ccc1C#N. The van der Waals surface area contributed by atoms with E-state index in [0.717, 1.165) is 50.9 Å². The Bertz CT molecular complexity index is 519. The van der Waals surface area contributed by atoms with Gasteiger partial charge in [-0.25, -0.2) is 4.98 Å². The number of nitrogens with zero attached hydrogens (tertiary/aromatic N) is 4. The lowest BCUT2D eigenvalue weighted by Crippen LogP contribution is -2.44. The fraction of sp³-hybridized carbons (Fsp3) is 0.600. The lowest BCUT2D eigenvalue weighted by molar-refractivity contribution is 0.0209. The maximum atomic E-state index is 8.96. The zero-order valence-corrected chi connectivity index (χ0v) is 11.9. The Morgan fingerprint density at radius 3 is 2.80 bits per heavy atom. The molecule has 1 aromatic rings. The van der Waals surface area contributed by atoms with Crippen molar-refractivity contribution in [3.8, 4) is 6.07 Å². The van der Waals surface area contributed by atoms with E-state index in [1.165, 1.54) is 6.42 Å². The maximum Gasteiger partial charge on any atom is 0.128 e. The number of nitriles is 1. The van der Waals surface area contributed by atoms with E-state index in [0.29, 0.717) is 11.6 Å². The highest BCUT2D eigenvalue weighted by Gasteiger charge is 2.29. The molecule has 2 saturated heterocycles. The molecule has 0 amide bonds. The van der Waals surface area contributed by atoms with E-state index < -0.39 is 0 Å². The number of rotatable bonds is 2. The van der Waals surface area contributed by atoms with Crippen LogP contribution in [0.3, 0.4) is 0 Å². The van der Waals surface area contributed by atoms with Crippen LogP contribution in [-0.4, -0.2) is 55.3 Å². The molecule has 5 nitrogen and oxygen atoms in total. The predicted octanol–water partition coefficient (Wildman–Crippen LogP) is 1.17. The van der Waals surface area contributed by atoms with Gasteiger partial charge in [-0.15, -0.1) is 0 Å². The van der Waals surface area contributed by atoms with Gasteiger partial charge in [-0.2, -0.15) is 5.26 Å². The first-order valence-corrected chi connectivity index (χ1v) is 7.22. The van der Waals surface area contributed by atoms with Crippen LogP contribution in [0.4, 0.5) is 5.82 Å². The number of anilines is 1. The molecule has 2 fully saturated rings. The van der Waals surface area contributed by atoms with Gasteiger partial charge in [0.05, 0.1) is 24.5 Å². The van der Waals surface area contributed by atoms with Gasteiger partial charge in [-0.1, -0.05) is 0 Å². The van der Waals surface area contributed by atoms with Crippen molar-refractivity contribution in [3.63, 3.8) is 0 Å². The molecule has 1 aromatic heterocycles. The number of aryl methyl sites for hydroxylation is 1. The number of aromatic nitrogens is 1. The molecule has 3 rings (SSSR count). The molecule has 0 spiro atoms. The van der Waals surface area contributed by atoms with Crippen molar-refractivity contribution in [1.29, 1.82) is 5.26 Å². The Balaban J connectivity index is 1.67. The van der Waals surface area contributed by atoms with Gasteiger partial charge in [0.2, 0.25) is 0 Å². The average Bonchev–Trinajstić information content (AvgIpc) is 2.98. The summed E-state index contributed by atoms with van der Waals surface area (Å²) in [5, 5.41) is 8.96. The van der Waals surface area contributed by atoms with E-state index in [1.807, 2.05) is 19.1 Å². The topological polar surface area (TPSA) is 52.4 Å². The second-order valence-electron chi connectivity index (χ2n) is 5.45. The lowest BCUT2D eigenvalue weighted by atomic mass is 10.2. The molecule has 20 heavy (non-hydrogen) atoms. The molecule has 2 aliphatic heterocycles. The molecule has 2 aliphatic rings. The second kappa shape index (κ2) is 5.78. The largest absolute Gasteiger partial charge is 0.379 e. The monoisotopic (exact) mass is 272 g/mol. The fourth-order valence-electron chi connectivity index (χ4n) is 3.03. The zero-order chi connectivity index (χ0) is 13.9. The van der Waals surface area contributed by atoms with E-state index in [2.05, 4.69) is 20.9 Å². The molecule has 1 atom stereocenters. The number of ether oxygens (including phenoxy) is 1. The van der Waals surface area contributed by atoms with Crippen LogP contribution in [0.2, 0.25) is 0 Å². The third-order valence-electron chi connectivity index (χ3n) is 4.24. The van der Waals surface area contributed by atoms with E-state index >= 15 is 0 Å². The molecule has 5 heteroatoms. The van der Waals surface area contributed by atoms with Crippen LogP contribution in [0.5, 0.6) is 0 Å². The van der Waals surface area contributed by atoms with Crippen LogP contribution >= 0.6 is 0 Å². The molecule has 0 N–H and O–H groups in total. The first-order chi connectivity index (χ1) is 9.78. The molecule has 0 radical (unpaired) electrons. The summed E-state index contributed by atoms with van der Waals surface area (Å²) in [4.78, 5) is 9.42. The number of hydrogen-bond acceptors (Lipinski definition) is 5. The van der Waals surface area contributed by atoms with Crippen LogP contribution < -0.4 is 4.90 Å². The quantitative estimate of drug-likeness (QED) is 0.809. The first-order valence-electron chi connectivity index (χ1n) is 7.22. The summed E-state index contributed by atoms with van der Waals surface area (Å²) in [6, 6.07) is 6.62. The van der Waals surface area contributed by atoms with Crippen molar-refractivity contribution in [2.45, 2.75) is 19.4 Å². The standard InChI is InChI=1S/C15H20N4O/c1-12-13(10-16)2-3-15(17-12)19-5-4-14(11-19)18-6-8-20-9-7-18/h2-3,14H,4-9,11H2,1H3. The van der Waals surface area contributed by atoms with Gasteiger partial charge in [0.15, 0.2) is 0 Å². The van der Waals surface area contributed by atoms with Gasteiger partial charge in [0.1, 0.15) is 11.9 Å². The van der Waals surface area contributed by atoms with Crippen molar-refractivity contribution < 1.29 is 4.74 Å². The minimum atomic E-state index is 0.608. The lowest BCUT2D eigenvalue weighted by Gasteiger charge is -2.32. The van der Waals surface area contributed by atoms with Gasteiger partial charge in [0, 0.05) is 32.2 Å². The van der Waals surface area contributed by atoms with E-state index in [-0.39, 0.29) is 0 Å². The summed E-state index contributed by atoms with van der Waals surface area (Å²) >= 11 is 0. The average molecular weight is 272 g/mol. The molecular formula is C15H20N4O. The van der Waals surface area contributed by atoms with Crippen molar-refractivity contribution in [2.75, 3.05) is 44.3 Å². The summed E-state index contributed by atoms with van der Waals surface area (Å²) in [5.41, 5.74) is 1.48. The van der Waals surface area contributed by atoms with Gasteiger partial charge < -0.3 is 9.64 Å². The molecule has 1 unspecified atom stereocenters. The Labute approximate surface area is 119 Å². The number of pyridine rings is 1. The Hall–Kier alpha value is -1.64. The van der Waals surface area contributed by atoms with E-state index in [4.69, 9.17) is 10.00 Å². The Kier molecular flexibility index (Phi) is 3.86. The minimum Gasteiger partial charge on any atom is -0.379 e. The molecule has 3 heterocycles. The molecular weight excluding hydrogens is 252 g/mol. The molecule has 0 aromatic carbocycles. The highest BCUT2D eigenvalue weighted by molar-refractivity contribution is 5.46. The Morgan fingerprint density at radius 1 is 1.30 bits per heavy atom. The summed E-state index contributed by atoms with van der Waals surface area (Å²) in [6.07, 6.45) is 1.18. The van der Waals surface area contributed by atoms with Crippen molar-refractivity contribution >= 4 is 5.82 Å². The highest BCUT2D eigenvalue weighted by Crippen LogP contribution is 2.23. The van der Waals surface area contributed by atoms with Crippen LogP contribution in [0.25, 0.3) is 0 Å². The van der Waals surface area contributed by atoms with Crippen molar-refractivity contribution in [2.24, 2.45) is 0 Å². The van der Waals surface area contributed by atoms with E-state index in [9.17, 15) is 0 Å². The van der Waals surface area contributed by atoms with Gasteiger partial charge in [-0.3, -0.25) is 4.90 Å². The Morgan fingerprint density at radius 2 is 2.10 bits per heavy atom. The highest BCUT2D eigenvalue weighted by atomic mass is 16.5. The fourth-order valence-corrected chi connectivity index (χ4v) is 3.03. The third-order valence-corrected chi connectivity index (χ3v) is 4.24. The number of morpholine rings is 1. The molecule has 0 bridgehead atoms. The minimum absolute atomic E-state index is 0.608. The first kappa shape index (κ1) is 13.3. The van der Waals surface area contributed by atoms with Crippen molar-refractivity contribution in [3.05, 3.63) is 23.4 Å². The van der Waals surface area contributed by atoms with Gasteiger partial charge in [-0.05, 0) is 25.5 Å². The molecule has 0 saturated carbocycles. The smallest absolute Gasteiger partial charge is 0.128 e. The number of hydrogen-bond donors (Lipinski definition) is 0. The molecule has 0 aliphatic carbocycles. The normalized spacial score (nSPS) is 23.8. The third kappa shape index (κ3) is 2.62. The van der Waals surface area contributed by atoms with Crippen molar-refractivity contribution in [1.82, 2.24) is 9.88 Å². The van der Waals surface area contributed by atoms with Crippen LogP contribution in [-0.2, 0) is 4.74 Å². The summed E-state index contributed by atoms with van der Waals surface area (Å²) in [7, 11) is 0. The van der Waals surface area contributed by atoms with Crippen LogP contribution in [0.15, 0.2) is 12.1 Å². The van der Waals surface area contributed by atoms with Gasteiger partial charge >= 0.3 is 0 Å². The summed E-state index contributed by atoms with van der Waals surface area (Å²) < 4.78 is 5.41.